The summed E-state index contributed by atoms with van der Waals surface area (Å²) < 4.78 is 1.44. The Morgan fingerprint density at radius 2 is 2.08 bits per heavy atom. The molecule has 0 aromatic carbocycles. The molecule has 1 spiro atoms. The molecule has 1 atom stereocenters. The van der Waals surface area contributed by atoms with Crippen LogP contribution >= 0.6 is 0 Å². The summed E-state index contributed by atoms with van der Waals surface area (Å²) in [6.07, 6.45) is 3.72. The molecule has 1 N–H and O–H groups in total. The highest BCUT2D eigenvalue weighted by Crippen LogP contribution is 2.30. The molecule has 2 aliphatic heterocycles. The lowest BCUT2D eigenvalue weighted by molar-refractivity contribution is -0.137. The zero-order valence-corrected chi connectivity index (χ0v) is 14.0. The van der Waals surface area contributed by atoms with E-state index in [1.807, 2.05) is 4.90 Å². The van der Waals surface area contributed by atoms with E-state index < -0.39 is 0 Å². The fourth-order valence-corrected chi connectivity index (χ4v) is 3.65. The Morgan fingerprint density at radius 3 is 2.88 bits per heavy atom. The highest BCUT2D eigenvalue weighted by atomic mass is 16.2. The van der Waals surface area contributed by atoms with Crippen LogP contribution in [-0.4, -0.2) is 64.9 Å². The molecule has 2 amide bonds. The molecule has 2 aliphatic rings. The van der Waals surface area contributed by atoms with Crippen molar-refractivity contribution in [2.24, 2.45) is 0 Å². The largest absolute Gasteiger partial charge is 0.356 e. The van der Waals surface area contributed by atoms with Crippen LogP contribution in [0.25, 0.3) is 0 Å². The summed E-state index contributed by atoms with van der Waals surface area (Å²) in [5, 5.41) is 2.91. The van der Waals surface area contributed by atoms with Crippen molar-refractivity contribution in [1.82, 2.24) is 19.7 Å². The van der Waals surface area contributed by atoms with Crippen molar-refractivity contribution in [3.63, 3.8) is 0 Å². The molecule has 3 rings (SSSR count). The lowest BCUT2D eigenvalue weighted by atomic mass is 9.86. The third-order valence-corrected chi connectivity index (χ3v) is 5.29. The van der Waals surface area contributed by atoms with E-state index in [1.54, 1.807) is 18.3 Å². The second-order valence-corrected chi connectivity index (χ2v) is 6.73. The van der Waals surface area contributed by atoms with Gasteiger partial charge in [-0.25, -0.2) is 0 Å². The van der Waals surface area contributed by atoms with Crippen LogP contribution in [0.5, 0.6) is 0 Å². The van der Waals surface area contributed by atoms with E-state index in [0.29, 0.717) is 26.1 Å². The lowest BCUT2D eigenvalue weighted by Gasteiger charge is -2.49. The monoisotopic (exact) mass is 332 g/mol. The summed E-state index contributed by atoms with van der Waals surface area (Å²) in [4.78, 5) is 40.3. The van der Waals surface area contributed by atoms with Gasteiger partial charge in [0.05, 0.1) is 0 Å². The Kier molecular flexibility index (Phi) is 4.71. The predicted molar refractivity (Wildman–Crippen MR) is 89.5 cm³/mol. The Labute approximate surface area is 141 Å². The van der Waals surface area contributed by atoms with Gasteiger partial charge in [0.25, 0.3) is 5.56 Å². The van der Waals surface area contributed by atoms with E-state index in [9.17, 15) is 14.4 Å². The third-order valence-electron chi connectivity index (χ3n) is 5.29. The molecule has 0 radical (unpaired) electrons. The second kappa shape index (κ2) is 6.76. The first-order valence-corrected chi connectivity index (χ1v) is 8.41. The molecule has 24 heavy (non-hydrogen) atoms. The molecule has 0 saturated carbocycles. The number of hydrogen-bond donors (Lipinski definition) is 1. The first-order chi connectivity index (χ1) is 11.5. The average molecular weight is 332 g/mol. The molecular formula is C17H24N4O3. The minimum absolute atomic E-state index is 0.0423. The quantitative estimate of drug-likeness (QED) is 0.804. The van der Waals surface area contributed by atoms with E-state index in [0.717, 1.165) is 19.4 Å². The van der Waals surface area contributed by atoms with Crippen LogP contribution in [0.1, 0.15) is 19.3 Å². The summed E-state index contributed by atoms with van der Waals surface area (Å²) in [6, 6.07) is 4.88. The fourth-order valence-electron chi connectivity index (χ4n) is 3.65. The summed E-state index contributed by atoms with van der Waals surface area (Å²) >= 11 is 0. The van der Waals surface area contributed by atoms with Crippen LogP contribution in [0.3, 0.4) is 0 Å². The van der Waals surface area contributed by atoms with Crippen molar-refractivity contribution in [3.8, 4) is 0 Å². The number of rotatable bonds is 2. The van der Waals surface area contributed by atoms with Gasteiger partial charge in [0.2, 0.25) is 11.8 Å². The average Bonchev–Trinajstić information content (AvgIpc) is 2.75. The van der Waals surface area contributed by atoms with Gasteiger partial charge in [-0.1, -0.05) is 6.07 Å². The van der Waals surface area contributed by atoms with Crippen molar-refractivity contribution in [3.05, 3.63) is 34.7 Å². The van der Waals surface area contributed by atoms with Gasteiger partial charge >= 0.3 is 0 Å². The van der Waals surface area contributed by atoms with Crippen LogP contribution < -0.4 is 10.9 Å². The van der Waals surface area contributed by atoms with Gasteiger partial charge in [0, 0.05) is 50.4 Å². The van der Waals surface area contributed by atoms with Gasteiger partial charge in [0.15, 0.2) is 0 Å². The van der Waals surface area contributed by atoms with Crippen LogP contribution in [0.2, 0.25) is 0 Å². The van der Waals surface area contributed by atoms with Gasteiger partial charge in [0.1, 0.15) is 6.54 Å². The highest BCUT2D eigenvalue weighted by molar-refractivity contribution is 5.77. The zero-order chi connectivity index (χ0) is 17.2. The van der Waals surface area contributed by atoms with Crippen molar-refractivity contribution in [2.45, 2.75) is 31.3 Å². The van der Waals surface area contributed by atoms with Crippen molar-refractivity contribution in [1.29, 1.82) is 0 Å². The van der Waals surface area contributed by atoms with Crippen LogP contribution in [0, 0.1) is 0 Å². The van der Waals surface area contributed by atoms with E-state index in [-0.39, 0.29) is 29.5 Å². The van der Waals surface area contributed by atoms with Gasteiger partial charge in [-0.3, -0.25) is 19.3 Å². The van der Waals surface area contributed by atoms with Gasteiger partial charge in [-0.15, -0.1) is 0 Å². The SMILES string of the molecule is CN1CCN(C(=O)Cn2ccccc2=O)CC12CCNC(=O)CC2. The number of amides is 2. The smallest absolute Gasteiger partial charge is 0.250 e. The van der Waals surface area contributed by atoms with E-state index in [2.05, 4.69) is 17.3 Å². The van der Waals surface area contributed by atoms with E-state index >= 15 is 0 Å². The number of pyridine rings is 1. The Bertz CT molecular complexity index is 686. The molecule has 1 unspecified atom stereocenters. The summed E-state index contributed by atoms with van der Waals surface area (Å²) in [5.74, 6) is 0.0406. The molecule has 2 fully saturated rings. The molecule has 0 bridgehead atoms. The number of nitrogens with one attached hydrogen (secondary N) is 1. The number of hydrogen-bond acceptors (Lipinski definition) is 4. The predicted octanol–water partition coefficient (Wildman–Crippen LogP) is -0.339. The van der Waals surface area contributed by atoms with Gasteiger partial charge < -0.3 is 14.8 Å². The lowest BCUT2D eigenvalue weighted by Crippen LogP contribution is -2.62. The number of carbonyl (C=O) groups is 2. The Balaban J connectivity index is 1.73. The first kappa shape index (κ1) is 16.7. The molecule has 7 heteroatoms. The summed E-state index contributed by atoms with van der Waals surface area (Å²) in [7, 11) is 2.07. The van der Waals surface area contributed by atoms with Crippen molar-refractivity contribution < 1.29 is 9.59 Å². The maximum Gasteiger partial charge on any atom is 0.250 e. The molecule has 130 valence electrons. The van der Waals surface area contributed by atoms with E-state index in [1.165, 1.54) is 10.6 Å². The Hall–Kier alpha value is -2.15. The number of aromatic nitrogens is 1. The standard InChI is InChI=1S/C17H24N4O3/c1-19-10-11-21(13-17(19)6-5-14(22)18-8-7-17)16(24)12-20-9-3-2-4-15(20)23/h2-4,9H,5-8,10-13H2,1H3,(H,18,22). The molecular weight excluding hydrogens is 308 g/mol. The number of likely N-dealkylation sites (N-methyl/N-ethyl adjacent to an activating group) is 1. The molecule has 3 heterocycles. The molecule has 2 saturated heterocycles. The molecule has 7 nitrogen and oxygen atoms in total. The molecule has 0 aliphatic carbocycles. The van der Waals surface area contributed by atoms with Crippen LogP contribution in [0.15, 0.2) is 29.2 Å². The van der Waals surface area contributed by atoms with E-state index in [4.69, 9.17) is 0 Å². The normalized spacial score (nSPS) is 25.4. The van der Waals surface area contributed by atoms with Crippen LogP contribution in [-0.2, 0) is 16.1 Å². The summed E-state index contributed by atoms with van der Waals surface area (Å²) in [6.45, 7) is 2.75. The minimum Gasteiger partial charge on any atom is -0.356 e. The maximum absolute atomic E-state index is 12.7. The fraction of sp³-hybridized carbons (Fsp3) is 0.588. The molecule has 1 aromatic rings. The highest BCUT2D eigenvalue weighted by Gasteiger charge is 2.42. The Morgan fingerprint density at radius 1 is 1.25 bits per heavy atom. The second-order valence-electron chi connectivity index (χ2n) is 6.73. The van der Waals surface area contributed by atoms with Gasteiger partial charge in [-0.05, 0) is 26.0 Å². The third kappa shape index (κ3) is 3.36. The topological polar surface area (TPSA) is 74.7 Å². The maximum atomic E-state index is 12.7. The first-order valence-electron chi connectivity index (χ1n) is 8.41. The number of carbonyl (C=O) groups excluding carboxylic acids is 2. The number of piperazine rings is 1. The zero-order valence-electron chi connectivity index (χ0n) is 14.0. The minimum atomic E-state index is -0.168. The van der Waals surface area contributed by atoms with Crippen molar-refractivity contribution in [2.75, 3.05) is 33.2 Å². The van der Waals surface area contributed by atoms with Gasteiger partial charge in [-0.2, -0.15) is 0 Å². The van der Waals surface area contributed by atoms with Crippen molar-refractivity contribution >= 4 is 11.8 Å². The summed E-state index contributed by atoms with van der Waals surface area (Å²) in [5.41, 5.74) is -0.326. The van der Waals surface area contributed by atoms with Crippen LogP contribution in [0.4, 0.5) is 0 Å². The molecule has 1 aromatic heterocycles. The number of nitrogens with zero attached hydrogens (tertiary/aromatic N) is 3.